The Bertz CT molecular complexity index is 158. The van der Waals surface area contributed by atoms with Crippen LogP contribution in [0.25, 0.3) is 0 Å². The van der Waals surface area contributed by atoms with Crippen LogP contribution in [-0.2, 0) is 9.59 Å². The Morgan fingerprint density at radius 3 is 2.36 bits per heavy atom. The molecule has 5 heteroatoms. The molecule has 5 nitrogen and oxygen atoms in total. The van der Waals surface area contributed by atoms with E-state index in [9.17, 15) is 9.59 Å². The number of carbonyl (C=O) groups excluding carboxylic acids is 1. The first-order chi connectivity index (χ1) is 5.07. The molecule has 0 radical (unpaired) electrons. The summed E-state index contributed by atoms with van der Waals surface area (Å²) in [7, 11) is 1.62. The van der Waals surface area contributed by atoms with Crippen LogP contribution in [0.1, 0.15) is 6.92 Å². The SMILES string of the molecule is CNC[C@H](NC(C)=O)C(=O)O. The van der Waals surface area contributed by atoms with E-state index in [0.29, 0.717) is 0 Å². The van der Waals surface area contributed by atoms with Gasteiger partial charge in [-0.25, -0.2) is 4.79 Å². The topological polar surface area (TPSA) is 78.4 Å². The molecule has 0 aromatic rings. The smallest absolute Gasteiger partial charge is 0.327 e. The predicted octanol–water partition coefficient (Wildman–Crippen LogP) is -1.20. The molecular weight excluding hydrogens is 148 g/mol. The van der Waals surface area contributed by atoms with Crippen molar-refractivity contribution in [3.8, 4) is 0 Å². The van der Waals surface area contributed by atoms with Gasteiger partial charge in [0.15, 0.2) is 0 Å². The zero-order chi connectivity index (χ0) is 8.85. The average Bonchev–Trinajstić information content (AvgIpc) is 1.86. The molecule has 0 fully saturated rings. The van der Waals surface area contributed by atoms with E-state index in [1.54, 1.807) is 7.05 Å². The lowest BCUT2D eigenvalue weighted by Crippen LogP contribution is -2.45. The highest BCUT2D eigenvalue weighted by molar-refractivity contribution is 5.82. The van der Waals surface area contributed by atoms with E-state index in [0.717, 1.165) is 0 Å². The number of rotatable bonds is 4. The molecule has 0 saturated heterocycles. The van der Waals surface area contributed by atoms with Gasteiger partial charge in [0, 0.05) is 13.5 Å². The lowest BCUT2D eigenvalue weighted by molar-refractivity contribution is -0.141. The molecule has 0 aliphatic carbocycles. The molecular formula is C6H12N2O3. The number of aliphatic carboxylic acids is 1. The summed E-state index contributed by atoms with van der Waals surface area (Å²) in [6, 6.07) is -0.836. The van der Waals surface area contributed by atoms with Gasteiger partial charge in [0.25, 0.3) is 0 Å². The number of hydrogen-bond acceptors (Lipinski definition) is 3. The van der Waals surface area contributed by atoms with Gasteiger partial charge in [0.1, 0.15) is 6.04 Å². The van der Waals surface area contributed by atoms with Crippen molar-refractivity contribution in [3.63, 3.8) is 0 Å². The maximum atomic E-state index is 10.4. The Labute approximate surface area is 64.8 Å². The summed E-state index contributed by atoms with van der Waals surface area (Å²) >= 11 is 0. The first kappa shape index (κ1) is 9.90. The Morgan fingerprint density at radius 1 is 1.55 bits per heavy atom. The zero-order valence-electron chi connectivity index (χ0n) is 6.55. The molecule has 0 aromatic heterocycles. The molecule has 0 unspecified atom stereocenters. The summed E-state index contributed by atoms with van der Waals surface area (Å²) < 4.78 is 0. The van der Waals surface area contributed by atoms with Crippen molar-refractivity contribution in [2.24, 2.45) is 0 Å². The Hall–Kier alpha value is -1.10. The van der Waals surface area contributed by atoms with Crippen LogP contribution in [0.2, 0.25) is 0 Å². The van der Waals surface area contributed by atoms with Gasteiger partial charge >= 0.3 is 5.97 Å². The molecule has 0 bridgehead atoms. The molecule has 11 heavy (non-hydrogen) atoms. The van der Waals surface area contributed by atoms with Gasteiger partial charge in [-0.05, 0) is 7.05 Å². The van der Waals surface area contributed by atoms with Crippen LogP contribution in [0.15, 0.2) is 0 Å². The number of hydrogen-bond donors (Lipinski definition) is 3. The summed E-state index contributed by atoms with van der Waals surface area (Å²) in [6.07, 6.45) is 0. The maximum absolute atomic E-state index is 10.4. The maximum Gasteiger partial charge on any atom is 0.327 e. The molecule has 1 atom stereocenters. The van der Waals surface area contributed by atoms with E-state index >= 15 is 0 Å². The van der Waals surface area contributed by atoms with Gasteiger partial charge < -0.3 is 15.7 Å². The van der Waals surface area contributed by atoms with Crippen molar-refractivity contribution >= 4 is 11.9 Å². The van der Waals surface area contributed by atoms with E-state index in [1.165, 1.54) is 6.92 Å². The van der Waals surface area contributed by atoms with Crippen molar-refractivity contribution in [2.45, 2.75) is 13.0 Å². The molecule has 0 heterocycles. The van der Waals surface area contributed by atoms with Crippen LogP contribution in [-0.4, -0.2) is 36.6 Å². The predicted molar refractivity (Wildman–Crippen MR) is 39.2 cm³/mol. The Balaban J connectivity index is 3.89. The van der Waals surface area contributed by atoms with E-state index in [1.807, 2.05) is 0 Å². The highest BCUT2D eigenvalue weighted by Gasteiger charge is 2.16. The van der Waals surface area contributed by atoms with E-state index in [4.69, 9.17) is 5.11 Å². The lowest BCUT2D eigenvalue weighted by Gasteiger charge is -2.11. The Morgan fingerprint density at radius 2 is 2.09 bits per heavy atom. The van der Waals surface area contributed by atoms with Gasteiger partial charge in [-0.2, -0.15) is 0 Å². The average molecular weight is 160 g/mol. The summed E-state index contributed by atoms with van der Waals surface area (Å²) in [5.41, 5.74) is 0. The van der Waals surface area contributed by atoms with Gasteiger partial charge in [0.05, 0.1) is 0 Å². The monoisotopic (exact) mass is 160 g/mol. The van der Waals surface area contributed by atoms with Crippen LogP contribution in [0.4, 0.5) is 0 Å². The normalized spacial score (nSPS) is 12.2. The number of likely N-dealkylation sites (N-methyl/N-ethyl adjacent to an activating group) is 1. The van der Waals surface area contributed by atoms with Gasteiger partial charge in [-0.15, -0.1) is 0 Å². The summed E-state index contributed by atoms with van der Waals surface area (Å²) in [5, 5.41) is 13.4. The van der Waals surface area contributed by atoms with Crippen LogP contribution in [0.5, 0.6) is 0 Å². The third kappa shape index (κ3) is 4.32. The third-order valence-electron chi connectivity index (χ3n) is 1.08. The molecule has 0 rings (SSSR count). The highest BCUT2D eigenvalue weighted by atomic mass is 16.4. The highest BCUT2D eigenvalue weighted by Crippen LogP contribution is 1.80. The fraction of sp³-hybridized carbons (Fsp3) is 0.667. The molecule has 0 aromatic carbocycles. The van der Waals surface area contributed by atoms with Crippen LogP contribution >= 0.6 is 0 Å². The van der Waals surface area contributed by atoms with E-state index in [-0.39, 0.29) is 12.5 Å². The minimum Gasteiger partial charge on any atom is -0.480 e. The first-order valence-electron chi connectivity index (χ1n) is 3.22. The summed E-state index contributed by atoms with van der Waals surface area (Å²) in [6.45, 7) is 1.51. The molecule has 0 spiro atoms. The number of carboxylic acid groups (broad SMARTS) is 1. The first-order valence-corrected chi connectivity index (χ1v) is 3.22. The van der Waals surface area contributed by atoms with Crippen molar-refractivity contribution in [2.75, 3.05) is 13.6 Å². The number of nitrogens with one attached hydrogen (secondary N) is 2. The Kier molecular flexibility index (Phi) is 4.21. The summed E-state index contributed by atoms with van der Waals surface area (Å²) in [4.78, 5) is 20.8. The third-order valence-corrected chi connectivity index (χ3v) is 1.08. The molecule has 1 amide bonds. The van der Waals surface area contributed by atoms with E-state index in [2.05, 4.69) is 10.6 Å². The van der Waals surface area contributed by atoms with Gasteiger partial charge in [-0.3, -0.25) is 4.79 Å². The van der Waals surface area contributed by atoms with Crippen molar-refractivity contribution in [1.29, 1.82) is 0 Å². The van der Waals surface area contributed by atoms with Crippen LogP contribution < -0.4 is 10.6 Å². The minimum absolute atomic E-state index is 0.231. The number of carboxylic acids is 1. The summed E-state index contributed by atoms with van der Waals surface area (Å²) in [5.74, 6) is -1.37. The largest absolute Gasteiger partial charge is 0.480 e. The van der Waals surface area contributed by atoms with Crippen molar-refractivity contribution in [1.82, 2.24) is 10.6 Å². The lowest BCUT2D eigenvalue weighted by atomic mass is 10.3. The number of amides is 1. The zero-order valence-corrected chi connectivity index (χ0v) is 6.55. The second-order valence-electron chi connectivity index (χ2n) is 2.15. The second kappa shape index (κ2) is 4.68. The van der Waals surface area contributed by atoms with Crippen LogP contribution in [0.3, 0.4) is 0 Å². The van der Waals surface area contributed by atoms with Crippen LogP contribution in [0, 0.1) is 0 Å². The fourth-order valence-electron chi connectivity index (χ4n) is 0.650. The second-order valence-corrected chi connectivity index (χ2v) is 2.15. The fourth-order valence-corrected chi connectivity index (χ4v) is 0.650. The molecule has 0 saturated carbocycles. The minimum atomic E-state index is -1.03. The molecule has 64 valence electrons. The van der Waals surface area contributed by atoms with E-state index < -0.39 is 12.0 Å². The molecule has 3 N–H and O–H groups in total. The van der Waals surface area contributed by atoms with Crippen molar-refractivity contribution < 1.29 is 14.7 Å². The van der Waals surface area contributed by atoms with Crippen molar-refractivity contribution in [3.05, 3.63) is 0 Å². The number of carbonyl (C=O) groups is 2. The standard InChI is InChI=1S/C6H12N2O3/c1-4(9)8-5(3-7-2)6(10)11/h5,7H,3H2,1-2H3,(H,8,9)(H,10,11)/t5-/m0/s1. The quantitative estimate of drug-likeness (QED) is 0.482. The molecule has 0 aliphatic rings. The van der Waals surface area contributed by atoms with Gasteiger partial charge in [-0.1, -0.05) is 0 Å². The van der Waals surface area contributed by atoms with Gasteiger partial charge in [0.2, 0.25) is 5.91 Å². The molecule has 0 aliphatic heterocycles.